The summed E-state index contributed by atoms with van der Waals surface area (Å²) in [5.41, 5.74) is 1.17. The first kappa shape index (κ1) is 19.7. The van der Waals surface area contributed by atoms with Gasteiger partial charge in [-0.3, -0.25) is 9.69 Å². The van der Waals surface area contributed by atoms with Crippen molar-refractivity contribution >= 4 is 17.7 Å². The van der Waals surface area contributed by atoms with Gasteiger partial charge in [0.25, 0.3) is 0 Å². The van der Waals surface area contributed by atoms with Crippen LogP contribution in [-0.4, -0.2) is 56.5 Å². The van der Waals surface area contributed by atoms with Crippen LogP contribution in [0.25, 0.3) is 0 Å². The van der Waals surface area contributed by atoms with Crippen molar-refractivity contribution in [3.8, 4) is 5.75 Å². The van der Waals surface area contributed by atoms with E-state index in [0.29, 0.717) is 12.3 Å². The topological polar surface area (TPSA) is 50.8 Å². The summed E-state index contributed by atoms with van der Waals surface area (Å²) in [7, 11) is 1.67. The molecule has 0 unspecified atom stereocenters. The lowest BCUT2D eigenvalue weighted by Gasteiger charge is -2.35. The van der Waals surface area contributed by atoms with Gasteiger partial charge in [-0.1, -0.05) is 30.3 Å². The van der Waals surface area contributed by atoms with Gasteiger partial charge in [0.05, 0.1) is 32.1 Å². The maximum absolute atomic E-state index is 12.3. The molecule has 5 nitrogen and oxygen atoms in total. The number of morpholine rings is 1. The molecule has 1 aliphatic heterocycles. The number of carbonyl (C=O) groups excluding carboxylic acids is 1. The van der Waals surface area contributed by atoms with Crippen molar-refractivity contribution in [3.63, 3.8) is 0 Å². The van der Waals surface area contributed by atoms with E-state index in [1.165, 1.54) is 5.56 Å². The Labute approximate surface area is 165 Å². The van der Waals surface area contributed by atoms with Crippen LogP contribution in [0, 0.1) is 0 Å². The molecule has 1 saturated heterocycles. The third kappa shape index (κ3) is 5.99. The minimum atomic E-state index is 0.0515. The molecule has 144 valence electrons. The van der Waals surface area contributed by atoms with Crippen LogP contribution < -0.4 is 10.1 Å². The summed E-state index contributed by atoms with van der Waals surface area (Å²) in [5.74, 6) is 1.31. The van der Waals surface area contributed by atoms with Gasteiger partial charge in [-0.05, 0) is 29.8 Å². The molecule has 0 aliphatic carbocycles. The highest BCUT2D eigenvalue weighted by atomic mass is 32.2. The number of ether oxygens (including phenoxy) is 2. The Kier molecular flexibility index (Phi) is 7.56. The van der Waals surface area contributed by atoms with Crippen LogP contribution >= 0.6 is 11.8 Å². The third-order valence-electron chi connectivity index (χ3n) is 4.59. The monoisotopic (exact) mass is 386 g/mol. The highest BCUT2D eigenvalue weighted by molar-refractivity contribution is 8.00. The van der Waals surface area contributed by atoms with E-state index in [9.17, 15) is 4.79 Å². The van der Waals surface area contributed by atoms with E-state index >= 15 is 0 Å². The molecule has 0 spiro atoms. The van der Waals surface area contributed by atoms with Crippen LogP contribution in [0.4, 0.5) is 0 Å². The number of rotatable bonds is 8. The van der Waals surface area contributed by atoms with Crippen molar-refractivity contribution in [3.05, 3.63) is 60.2 Å². The van der Waals surface area contributed by atoms with E-state index in [1.54, 1.807) is 18.9 Å². The smallest absolute Gasteiger partial charge is 0.230 e. The lowest BCUT2D eigenvalue weighted by Crippen LogP contribution is -2.44. The number of hydrogen-bond donors (Lipinski definition) is 1. The summed E-state index contributed by atoms with van der Waals surface area (Å²) in [6, 6.07) is 18.2. The van der Waals surface area contributed by atoms with E-state index in [0.717, 1.165) is 36.9 Å². The summed E-state index contributed by atoms with van der Waals surface area (Å²) in [6.45, 7) is 3.77. The van der Waals surface area contributed by atoms with Crippen molar-refractivity contribution in [1.29, 1.82) is 0 Å². The maximum atomic E-state index is 12.3. The van der Waals surface area contributed by atoms with E-state index in [4.69, 9.17) is 9.47 Å². The average Bonchev–Trinajstić information content (AvgIpc) is 2.74. The van der Waals surface area contributed by atoms with Gasteiger partial charge in [-0.15, -0.1) is 11.8 Å². The van der Waals surface area contributed by atoms with Gasteiger partial charge in [0, 0.05) is 24.5 Å². The molecule has 0 bridgehead atoms. The third-order valence-corrected chi connectivity index (χ3v) is 5.60. The summed E-state index contributed by atoms with van der Waals surface area (Å²) in [4.78, 5) is 15.8. The van der Waals surface area contributed by atoms with Crippen molar-refractivity contribution in [2.75, 3.05) is 45.7 Å². The molecular formula is C21H26N2O3S. The predicted molar refractivity (Wildman–Crippen MR) is 108 cm³/mol. The van der Waals surface area contributed by atoms with Gasteiger partial charge in [0.1, 0.15) is 5.75 Å². The van der Waals surface area contributed by atoms with Gasteiger partial charge in [0.15, 0.2) is 0 Å². The largest absolute Gasteiger partial charge is 0.497 e. The molecule has 2 aromatic carbocycles. The second-order valence-corrected chi connectivity index (χ2v) is 7.39. The quantitative estimate of drug-likeness (QED) is 0.707. The molecule has 1 aliphatic rings. The first-order chi connectivity index (χ1) is 13.3. The number of nitrogens with one attached hydrogen (secondary N) is 1. The zero-order valence-electron chi connectivity index (χ0n) is 15.6. The molecular weight excluding hydrogens is 360 g/mol. The Bertz CT molecular complexity index is 703. The fourth-order valence-electron chi connectivity index (χ4n) is 3.10. The standard InChI is InChI=1S/C21H26N2O3S/c1-25-18-9-7-17(8-10-18)20(23-11-13-26-14-12-23)15-22-21(24)16-27-19-5-3-2-4-6-19/h2-10,20H,11-16H2,1H3,(H,22,24)/t20-/m0/s1. The van der Waals surface area contributed by atoms with Crippen molar-refractivity contribution in [1.82, 2.24) is 10.2 Å². The van der Waals surface area contributed by atoms with Crippen LogP contribution in [0.1, 0.15) is 11.6 Å². The zero-order valence-corrected chi connectivity index (χ0v) is 16.4. The van der Waals surface area contributed by atoms with Gasteiger partial charge in [-0.2, -0.15) is 0 Å². The number of carbonyl (C=O) groups is 1. The average molecular weight is 387 g/mol. The Hall–Kier alpha value is -2.02. The van der Waals surface area contributed by atoms with Crippen LogP contribution in [0.15, 0.2) is 59.5 Å². The zero-order chi connectivity index (χ0) is 18.9. The summed E-state index contributed by atoms with van der Waals surface area (Å²) < 4.78 is 10.7. The maximum Gasteiger partial charge on any atom is 0.230 e. The Morgan fingerprint density at radius 1 is 1.15 bits per heavy atom. The highest BCUT2D eigenvalue weighted by Gasteiger charge is 2.23. The molecule has 3 rings (SSSR count). The minimum absolute atomic E-state index is 0.0515. The van der Waals surface area contributed by atoms with E-state index < -0.39 is 0 Å². The number of hydrogen-bond acceptors (Lipinski definition) is 5. The molecule has 2 aromatic rings. The molecule has 27 heavy (non-hydrogen) atoms. The number of methoxy groups -OCH3 is 1. The Morgan fingerprint density at radius 3 is 2.52 bits per heavy atom. The van der Waals surface area contributed by atoms with Crippen LogP contribution in [0.3, 0.4) is 0 Å². The fourth-order valence-corrected chi connectivity index (χ4v) is 3.85. The van der Waals surface area contributed by atoms with Crippen molar-refractivity contribution in [2.24, 2.45) is 0 Å². The molecule has 1 fully saturated rings. The molecule has 0 aromatic heterocycles. The number of thioether (sulfide) groups is 1. The Balaban J connectivity index is 1.59. The van der Waals surface area contributed by atoms with Crippen LogP contribution in [-0.2, 0) is 9.53 Å². The van der Waals surface area contributed by atoms with E-state index in [-0.39, 0.29) is 11.9 Å². The normalized spacial score (nSPS) is 15.9. The summed E-state index contributed by atoms with van der Waals surface area (Å²) in [6.07, 6.45) is 0. The molecule has 1 N–H and O–H groups in total. The van der Waals surface area contributed by atoms with Crippen LogP contribution in [0.2, 0.25) is 0 Å². The Morgan fingerprint density at radius 2 is 1.85 bits per heavy atom. The van der Waals surface area contributed by atoms with Crippen molar-refractivity contribution < 1.29 is 14.3 Å². The van der Waals surface area contributed by atoms with Gasteiger partial charge in [-0.25, -0.2) is 0 Å². The summed E-state index contributed by atoms with van der Waals surface area (Å²) in [5, 5.41) is 3.10. The second kappa shape index (κ2) is 10.3. The number of nitrogens with zero attached hydrogens (tertiary/aromatic N) is 1. The highest BCUT2D eigenvalue weighted by Crippen LogP contribution is 2.24. The molecule has 0 saturated carbocycles. The van der Waals surface area contributed by atoms with E-state index in [1.807, 2.05) is 42.5 Å². The minimum Gasteiger partial charge on any atom is -0.497 e. The predicted octanol–water partition coefficient (Wildman–Crippen LogP) is 2.98. The second-order valence-electron chi connectivity index (χ2n) is 6.34. The van der Waals surface area contributed by atoms with Crippen molar-refractivity contribution in [2.45, 2.75) is 10.9 Å². The van der Waals surface area contributed by atoms with Gasteiger partial charge < -0.3 is 14.8 Å². The first-order valence-electron chi connectivity index (χ1n) is 9.16. The summed E-state index contributed by atoms with van der Waals surface area (Å²) >= 11 is 1.55. The lowest BCUT2D eigenvalue weighted by atomic mass is 10.0. The van der Waals surface area contributed by atoms with E-state index in [2.05, 4.69) is 22.3 Å². The lowest BCUT2D eigenvalue weighted by molar-refractivity contribution is -0.118. The van der Waals surface area contributed by atoms with Gasteiger partial charge >= 0.3 is 0 Å². The SMILES string of the molecule is COc1ccc([C@H](CNC(=O)CSc2ccccc2)N2CCOCC2)cc1. The number of benzene rings is 2. The molecule has 0 radical (unpaired) electrons. The fraction of sp³-hybridized carbons (Fsp3) is 0.381. The molecule has 1 amide bonds. The first-order valence-corrected chi connectivity index (χ1v) is 10.1. The van der Waals surface area contributed by atoms with Gasteiger partial charge in [0.2, 0.25) is 5.91 Å². The molecule has 1 atom stereocenters. The van der Waals surface area contributed by atoms with Crippen LogP contribution in [0.5, 0.6) is 5.75 Å². The molecule has 1 heterocycles. The number of amides is 1. The molecule has 6 heteroatoms.